The lowest BCUT2D eigenvalue weighted by atomic mass is 9.84. The van der Waals surface area contributed by atoms with E-state index in [2.05, 4.69) is 22.5 Å². The van der Waals surface area contributed by atoms with Crippen molar-refractivity contribution in [3.8, 4) is 0 Å². The van der Waals surface area contributed by atoms with Crippen molar-refractivity contribution in [3.63, 3.8) is 0 Å². The fraction of sp³-hybridized carbons (Fsp3) is 0.850. The average Bonchev–Trinajstić information content (AvgIpc) is 3.30. The van der Waals surface area contributed by atoms with Gasteiger partial charge in [0.05, 0.1) is 5.41 Å². The van der Waals surface area contributed by atoms with E-state index in [0.717, 1.165) is 64.0 Å². The lowest BCUT2D eigenvalue weighted by Gasteiger charge is -2.31. The van der Waals surface area contributed by atoms with E-state index in [1.807, 2.05) is 19.0 Å². The van der Waals surface area contributed by atoms with Crippen LogP contribution in [0.3, 0.4) is 0 Å². The molecule has 1 saturated heterocycles. The highest BCUT2D eigenvalue weighted by atomic mass is 127. The Morgan fingerprint density at radius 1 is 1.25 bits per heavy atom. The molecule has 8 heteroatoms. The summed E-state index contributed by atoms with van der Waals surface area (Å²) in [4.78, 5) is 32.7. The summed E-state index contributed by atoms with van der Waals surface area (Å²) in [6.07, 6.45) is 7.63. The number of nitrogens with one attached hydrogen (secondary N) is 2. The molecule has 1 aliphatic carbocycles. The van der Waals surface area contributed by atoms with Gasteiger partial charge in [0.25, 0.3) is 0 Å². The van der Waals surface area contributed by atoms with Crippen LogP contribution in [0.15, 0.2) is 4.99 Å². The fourth-order valence-electron chi connectivity index (χ4n) is 4.46. The van der Waals surface area contributed by atoms with E-state index >= 15 is 0 Å². The second-order valence-corrected chi connectivity index (χ2v) is 8.08. The summed E-state index contributed by atoms with van der Waals surface area (Å²) in [5, 5.41) is 6.73. The molecule has 162 valence electrons. The summed E-state index contributed by atoms with van der Waals surface area (Å²) < 4.78 is 0. The number of carbonyl (C=O) groups excluding carboxylic acids is 2. The van der Waals surface area contributed by atoms with E-state index in [0.29, 0.717) is 19.0 Å². The number of hydrogen-bond acceptors (Lipinski definition) is 3. The van der Waals surface area contributed by atoms with Crippen molar-refractivity contribution in [1.82, 2.24) is 20.4 Å². The minimum Gasteiger partial charge on any atom is -0.356 e. The van der Waals surface area contributed by atoms with E-state index in [1.54, 1.807) is 11.9 Å². The molecular formula is C20H38IN5O2. The van der Waals surface area contributed by atoms with Gasteiger partial charge in [-0.3, -0.25) is 14.6 Å². The van der Waals surface area contributed by atoms with E-state index in [4.69, 9.17) is 0 Å². The molecule has 28 heavy (non-hydrogen) atoms. The molecule has 0 bridgehead atoms. The molecular weight excluding hydrogens is 469 g/mol. The van der Waals surface area contributed by atoms with Gasteiger partial charge >= 0.3 is 0 Å². The standard InChI is InChI=1S/C20H37N5O2.HI/c1-5-16(25-14-8-9-17(25)26)10-13-22-19(21-2)23-15-20(11-6-7-12-20)18(27)24(3)4;/h16H,5-15H2,1-4H3,(H2,21,22,23);1H. The van der Waals surface area contributed by atoms with Crippen molar-refractivity contribution in [2.24, 2.45) is 10.4 Å². The molecule has 0 aromatic heterocycles. The molecule has 2 rings (SSSR count). The summed E-state index contributed by atoms with van der Waals surface area (Å²) in [6.45, 7) is 4.40. The molecule has 0 spiro atoms. The summed E-state index contributed by atoms with van der Waals surface area (Å²) in [6, 6.07) is 0.294. The first-order chi connectivity index (χ1) is 12.9. The Morgan fingerprint density at radius 3 is 2.43 bits per heavy atom. The SMILES string of the molecule is CCC(CCNC(=NC)NCC1(C(=O)N(C)C)CCCC1)N1CCCC1=O.I. The minimum atomic E-state index is -0.310. The van der Waals surface area contributed by atoms with Crippen LogP contribution >= 0.6 is 24.0 Å². The van der Waals surface area contributed by atoms with E-state index in [1.165, 1.54) is 0 Å². The Kier molecular flexibility index (Phi) is 10.5. The number of guanidine groups is 1. The van der Waals surface area contributed by atoms with Crippen molar-refractivity contribution < 1.29 is 9.59 Å². The van der Waals surface area contributed by atoms with Crippen LogP contribution in [0.25, 0.3) is 0 Å². The molecule has 1 heterocycles. The first-order valence-electron chi connectivity index (χ1n) is 10.4. The third-order valence-corrected chi connectivity index (χ3v) is 6.03. The fourth-order valence-corrected chi connectivity index (χ4v) is 4.46. The monoisotopic (exact) mass is 507 g/mol. The normalized spacial score (nSPS) is 19.9. The number of likely N-dealkylation sites (tertiary alicyclic amines) is 1. The summed E-state index contributed by atoms with van der Waals surface area (Å²) in [5.41, 5.74) is -0.310. The lowest BCUT2D eigenvalue weighted by Crippen LogP contribution is -2.49. The van der Waals surface area contributed by atoms with Gasteiger partial charge in [-0.25, -0.2) is 0 Å². The molecule has 1 atom stereocenters. The van der Waals surface area contributed by atoms with Crippen LogP contribution in [-0.2, 0) is 9.59 Å². The van der Waals surface area contributed by atoms with Crippen molar-refractivity contribution in [3.05, 3.63) is 0 Å². The van der Waals surface area contributed by atoms with E-state index < -0.39 is 0 Å². The van der Waals surface area contributed by atoms with Gasteiger partial charge in [-0.15, -0.1) is 24.0 Å². The zero-order chi connectivity index (χ0) is 19.9. The highest BCUT2D eigenvalue weighted by Crippen LogP contribution is 2.38. The average molecular weight is 507 g/mol. The molecule has 7 nitrogen and oxygen atoms in total. The summed E-state index contributed by atoms with van der Waals surface area (Å²) in [7, 11) is 5.42. The van der Waals surface area contributed by atoms with Gasteiger partial charge in [0.15, 0.2) is 5.96 Å². The first kappa shape index (κ1) is 25.0. The third-order valence-electron chi connectivity index (χ3n) is 6.03. The zero-order valence-corrected chi connectivity index (χ0v) is 20.3. The van der Waals surface area contributed by atoms with Crippen LogP contribution in [0.5, 0.6) is 0 Å². The highest BCUT2D eigenvalue weighted by Gasteiger charge is 2.42. The van der Waals surface area contributed by atoms with Gasteiger partial charge in [0.1, 0.15) is 0 Å². The minimum absolute atomic E-state index is 0. The Morgan fingerprint density at radius 2 is 1.93 bits per heavy atom. The largest absolute Gasteiger partial charge is 0.356 e. The zero-order valence-electron chi connectivity index (χ0n) is 17.9. The van der Waals surface area contributed by atoms with Gasteiger partial charge in [-0.05, 0) is 32.1 Å². The van der Waals surface area contributed by atoms with Gasteiger partial charge < -0.3 is 20.4 Å². The second-order valence-electron chi connectivity index (χ2n) is 8.08. The Hall–Kier alpha value is -1.06. The predicted octanol–water partition coefficient (Wildman–Crippen LogP) is 2.21. The molecule has 1 aliphatic heterocycles. The number of nitrogens with zero attached hydrogens (tertiary/aromatic N) is 3. The Labute approximate surface area is 187 Å². The molecule has 2 fully saturated rings. The van der Waals surface area contributed by atoms with Crippen LogP contribution in [0.1, 0.15) is 58.3 Å². The Bertz CT molecular complexity index is 547. The molecule has 2 amide bonds. The topological polar surface area (TPSA) is 77.0 Å². The van der Waals surface area contributed by atoms with Gasteiger partial charge in [-0.2, -0.15) is 0 Å². The number of carbonyl (C=O) groups is 2. The van der Waals surface area contributed by atoms with Crippen LogP contribution in [-0.4, -0.2) is 74.4 Å². The van der Waals surface area contributed by atoms with Crippen LogP contribution in [0.4, 0.5) is 0 Å². The summed E-state index contributed by atoms with van der Waals surface area (Å²) in [5.74, 6) is 1.23. The van der Waals surface area contributed by atoms with Crippen LogP contribution in [0, 0.1) is 5.41 Å². The number of aliphatic imine (C=N–C) groups is 1. The van der Waals surface area contributed by atoms with Gasteiger partial charge in [-0.1, -0.05) is 19.8 Å². The van der Waals surface area contributed by atoms with E-state index in [-0.39, 0.29) is 41.2 Å². The molecule has 1 unspecified atom stereocenters. The number of halogens is 1. The van der Waals surface area contributed by atoms with Crippen molar-refractivity contribution in [2.45, 2.75) is 64.3 Å². The number of hydrogen-bond donors (Lipinski definition) is 2. The molecule has 0 radical (unpaired) electrons. The highest BCUT2D eigenvalue weighted by molar-refractivity contribution is 14.0. The lowest BCUT2D eigenvalue weighted by molar-refractivity contribution is -0.138. The number of amides is 2. The Balaban J connectivity index is 0.00000392. The maximum atomic E-state index is 12.7. The van der Waals surface area contributed by atoms with E-state index in [9.17, 15) is 9.59 Å². The quantitative estimate of drug-likeness (QED) is 0.300. The van der Waals surface area contributed by atoms with Crippen LogP contribution in [0.2, 0.25) is 0 Å². The van der Waals surface area contributed by atoms with Crippen molar-refractivity contribution in [1.29, 1.82) is 0 Å². The van der Waals surface area contributed by atoms with Crippen LogP contribution < -0.4 is 10.6 Å². The molecule has 2 N–H and O–H groups in total. The third kappa shape index (κ3) is 6.22. The second kappa shape index (κ2) is 11.8. The maximum absolute atomic E-state index is 12.7. The molecule has 2 aliphatic rings. The summed E-state index contributed by atoms with van der Waals surface area (Å²) >= 11 is 0. The van der Waals surface area contributed by atoms with Gasteiger partial charge in [0.2, 0.25) is 11.8 Å². The number of rotatable bonds is 8. The smallest absolute Gasteiger partial charge is 0.230 e. The molecule has 0 aromatic rings. The van der Waals surface area contributed by atoms with Crippen molar-refractivity contribution in [2.75, 3.05) is 40.8 Å². The van der Waals surface area contributed by atoms with Crippen molar-refractivity contribution >= 4 is 41.8 Å². The molecule has 1 saturated carbocycles. The molecule has 0 aromatic carbocycles. The maximum Gasteiger partial charge on any atom is 0.230 e. The van der Waals surface area contributed by atoms with Gasteiger partial charge in [0, 0.05) is 53.2 Å². The predicted molar refractivity (Wildman–Crippen MR) is 124 cm³/mol. The first-order valence-corrected chi connectivity index (χ1v) is 10.4.